The van der Waals surface area contributed by atoms with Crippen LogP contribution >= 0.6 is 0 Å². The summed E-state index contributed by atoms with van der Waals surface area (Å²) in [6.45, 7) is 0. The second-order valence-electron chi connectivity index (χ2n) is 8.48. The van der Waals surface area contributed by atoms with Crippen molar-refractivity contribution in [2.24, 2.45) is 4.99 Å². The van der Waals surface area contributed by atoms with Gasteiger partial charge < -0.3 is 15.7 Å². The van der Waals surface area contributed by atoms with Crippen molar-refractivity contribution >= 4 is 17.6 Å². The van der Waals surface area contributed by atoms with Crippen LogP contribution in [0.4, 0.5) is 18.9 Å². The van der Waals surface area contributed by atoms with E-state index in [0.29, 0.717) is 18.8 Å². The third-order valence-corrected chi connectivity index (χ3v) is 5.94. The number of halogens is 3. The maximum Gasteiger partial charge on any atom is 0.416 e. The van der Waals surface area contributed by atoms with Gasteiger partial charge in [-0.05, 0) is 80.3 Å². The van der Waals surface area contributed by atoms with Crippen molar-refractivity contribution < 1.29 is 23.1 Å². The number of hydrogen-bond donors (Lipinski definition) is 3. The Hall–Kier alpha value is -2.87. The number of benzene rings is 2. The molecule has 0 atom stereocenters. The summed E-state index contributed by atoms with van der Waals surface area (Å²) in [7, 11) is 0. The van der Waals surface area contributed by atoms with Crippen molar-refractivity contribution in [2.45, 2.75) is 62.8 Å². The summed E-state index contributed by atoms with van der Waals surface area (Å²) in [5.74, 6) is 0.119. The van der Waals surface area contributed by atoms with Crippen molar-refractivity contribution in [3.63, 3.8) is 0 Å². The number of guanidine groups is 1. The maximum absolute atomic E-state index is 12.8. The number of rotatable bonds is 4. The minimum absolute atomic E-state index is 0.0399. The Labute approximate surface area is 184 Å². The number of alkyl halides is 3. The van der Waals surface area contributed by atoms with Crippen LogP contribution in [0.25, 0.3) is 0 Å². The number of nitrogens with one attached hydrogen (secondary N) is 2. The Bertz CT molecular complexity index is 977. The topological polar surface area (TPSA) is 73.7 Å². The highest BCUT2D eigenvalue weighted by molar-refractivity contribution is 6.07. The minimum Gasteiger partial charge on any atom is -0.393 e. The molecular weight excluding hydrogens is 419 g/mol. The highest BCUT2D eigenvalue weighted by Gasteiger charge is 2.30. The number of aliphatic hydroxyl groups is 1. The number of amides is 1. The van der Waals surface area contributed by atoms with Gasteiger partial charge in [0.1, 0.15) is 0 Å². The fourth-order valence-corrected chi connectivity index (χ4v) is 3.97. The van der Waals surface area contributed by atoms with Gasteiger partial charge in [0, 0.05) is 17.3 Å². The summed E-state index contributed by atoms with van der Waals surface area (Å²) in [6.07, 6.45) is 0.254. The van der Waals surface area contributed by atoms with E-state index in [2.05, 4.69) is 15.6 Å². The zero-order valence-electron chi connectivity index (χ0n) is 17.5. The molecule has 0 radical (unpaired) electrons. The molecule has 2 aromatic rings. The standard InChI is InChI=1S/C24H26F3N3O2/c25-24(26,27)17-9-7-16(8-10-17)22(32)30-23(28-18-11-13-19(31)14-12-18)29-21-4-2-1-3-20(21)15-5-6-15/h1-4,7-10,15,18-19,31H,5-6,11-14H2,(H2,28,29,30,32)/t18-,19-. The Kier molecular flexibility index (Phi) is 6.50. The number of aliphatic hydroxyl groups excluding tert-OH is 1. The average molecular weight is 445 g/mol. The molecule has 3 N–H and O–H groups in total. The van der Waals surface area contributed by atoms with E-state index in [4.69, 9.17) is 0 Å². The van der Waals surface area contributed by atoms with Crippen LogP contribution < -0.4 is 10.6 Å². The number of hydrogen-bond acceptors (Lipinski definition) is 2. The molecule has 0 spiro atoms. The number of anilines is 1. The molecule has 0 saturated heterocycles. The Morgan fingerprint density at radius 3 is 2.22 bits per heavy atom. The van der Waals surface area contributed by atoms with Gasteiger partial charge in [0.05, 0.1) is 11.7 Å². The van der Waals surface area contributed by atoms with Gasteiger partial charge in [-0.25, -0.2) is 0 Å². The summed E-state index contributed by atoms with van der Waals surface area (Å²) in [5.41, 5.74) is 1.28. The molecule has 2 saturated carbocycles. The smallest absolute Gasteiger partial charge is 0.393 e. The predicted octanol–water partition coefficient (Wildman–Crippen LogP) is 5.08. The zero-order valence-corrected chi connectivity index (χ0v) is 17.5. The summed E-state index contributed by atoms with van der Waals surface area (Å²) in [4.78, 5) is 16.9. The number of carbonyl (C=O) groups is 1. The molecule has 2 aromatic carbocycles. The summed E-state index contributed by atoms with van der Waals surface area (Å²) < 4.78 is 38.5. The van der Waals surface area contributed by atoms with Crippen LogP contribution in [-0.2, 0) is 6.18 Å². The second-order valence-corrected chi connectivity index (χ2v) is 8.48. The van der Waals surface area contributed by atoms with E-state index in [0.717, 1.165) is 61.2 Å². The van der Waals surface area contributed by atoms with Crippen LogP contribution in [0.5, 0.6) is 0 Å². The van der Waals surface area contributed by atoms with E-state index in [1.165, 1.54) is 0 Å². The molecule has 1 amide bonds. The first-order valence-corrected chi connectivity index (χ1v) is 10.9. The molecule has 2 aliphatic carbocycles. The number of nitrogens with zero attached hydrogens (tertiary/aromatic N) is 1. The largest absolute Gasteiger partial charge is 0.416 e. The first kappa shape index (κ1) is 22.3. The van der Waals surface area contributed by atoms with Gasteiger partial charge >= 0.3 is 6.18 Å². The monoisotopic (exact) mass is 445 g/mol. The van der Waals surface area contributed by atoms with Crippen molar-refractivity contribution in [3.8, 4) is 0 Å². The van der Waals surface area contributed by atoms with E-state index >= 15 is 0 Å². The van der Waals surface area contributed by atoms with Gasteiger partial charge in [-0.15, -0.1) is 0 Å². The van der Waals surface area contributed by atoms with E-state index in [1.54, 1.807) is 0 Å². The van der Waals surface area contributed by atoms with E-state index in [9.17, 15) is 23.1 Å². The van der Waals surface area contributed by atoms with Crippen LogP contribution in [0, 0.1) is 0 Å². The Balaban J connectivity index is 1.56. The van der Waals surface area contributed by atoms with Crippen LogP contribution in [-0.4, -0.2) is 29.1 Å². The summed E-state index contributed by atoms with van der Waals surface area (Å²) in [6, 6.07) is 11.9. The molecule has 2 fully saturated rings. The predicted molar refractivity (Wildman–Crippen MR) is 117 cm³/mol. The normalized spacial score (nSPS) is 21.8. The van der Waals surface area contributed by atoms with E-state index in [-0.39, 0.29) is 23.7 Å². The highest BCUT2D eigenvalue weighted by Crippen LogP contribution is 2.43. The lowest BCUT2D eigenvalue weighted by Gasteiger charge is -2.28. The molecule has 0 aromatic heterocycles. The molecule has 0 aliphatic heterocycles. The number of para-hydroxylation sites is 1. The Morgan fingerprint density at radius 2 is 1.59 bits per heavy atom. The van der Waals surface area contributed by atoms with Crippen molar-refractivity contribution in [1.82, 2.24) is 5.32 Å². The molecular formula is C24H26F3N3O2. The van der Waals surface area contributed by atoms with Gasteiger partial charge in [-0.1, -0.05) is 18.2 Å². The van der Waals surface area contributed by atoms with Gasteiger partial charge in [0.2, 0.25) is 5.96 Å². The fourth-order valence-electron chi connectivity index (χ4n) is 3.97. The van der Waals surface area contributed by atoms with Gasteiger partial charge in [0.15, 0.2) is 0 Å². The first-order chi connectivity index (χ1) is 15.3. The molecule has 5 nitrogen and oxygen atoms in total. The second kappa shape index (κ2) is 9.32. The van der Waals surface area contributed by atoms with Crippen LogP contribution in [0.1, 0.15) is 65.9 Å². The third-order valence-electron chi connectivity index (χ3n) is 5.94. The summed E-state index contributed by atoms with van der Waals surface area (Å²) >= 11 is 0. The molecule has 0 unspecified atom stereocenters. The molecule has 0 bridgehead atoms. The Morgan fingerprint density at radius 1 is 0.938 bits per heavy atom. The lowest BCUT2D eigenvalue weighted by atomic mass is 9.93. The zero-order chi connectivity index (χ0) is 22.7. The van der Waals surface area contributed by atoms with Gasteiger partial charge in [-0.3, -0.25) is 4.79 Å². The molecule has 8 heteroatoms. The van der Waals surface area contributed by atoms with Crippen molar-refractivity contribution in [2.75, 3.05) is 5.32 Å². The minimum atomic E-state index is -4.46. The SMILES string of the molecule is O=C(/N=C(/Nc1ccccc1C1CC1)N[C@H]1CC[C@H](O)CC1)c1ccc(C(F)(F)F)cc1. The number of carbonyl (C=O) groups excluding carboxylic acids is 1. The maximum atomic E-state index is 12.8. The molecule has 4 rings (SSSR count). The third kappa shape index (κ3) is 5.68. The number of aliphatic imine (C=N–C) groups is 1. The van der Waals surface area contributed by atoms with Gasteiger partial charge in [-0.2, -0.15) is 18.2 Å². The van der Waals surface area contributed by atoms with Crippen LogP contribution in [0.15, 0.2) is 53.5 Å². The first-order valence-electron chi connectivity index (χ1n) is 10.9. The molecule has 0 heterocycles. The molecule has 32 heavy (non-hydrogen) atoms. The lowest BCUT2D eigenvalue weighted by molar-refractivity contribution is -0.137. The fraction of sp³-hybridized carbons (Fsp3) is 0.417. The quantitative estimate of drug-likeness (QED) is 0.453. The van der Waals surface area contributed by atoms with Crippen molar-refractivity contribution in [1.29, 1.82) is 0 Å². The van der Waals surface area contributed by atoms with Crippen molar-refractivity contribution in [3.05, 3.63) is 65.2 Å². The van der Waals surface area contributed by atoms with Crippen LogP contribution in [0.2, 0.25) is 0 Å². The van der Waals surface area contributed by atoms with E-state index in [1.807, 2.05) is 24.3 Å². The van der Waals surface area contributed by atoms with E-state index < -0.39 is 17.6 Å². The van der Waals surface area contributed by atoms with Crippen LogP contribution in [0.3, 0.4) is 0 Å². The lowest BCUT2D eigenvalue weighted by Crippen LogP contribution is -2.42. The summed E-state index contributed by atoms with van der Waals surface area (Å²) in [5, 5.41) is 16.3. The van der Waals surface area contributed by atoms with Gasteiger partial charge in [0.25, 0.3) is 5.91 Å². The highest BCUT2D eigenvalue weighted by atomic mass is 19.4. The average Bonchev–Trinajstić information content (AvgIpc) is 3.60. The molecule has 170 valence electrons. The molecule has 2 aliphatic rings.